The van der Waals surface area contributed by atoms with Crippen LogP contribution in [0.5, 0.6) is 11.5 Å². The number of benzene rings is 2. The van der Waals surface area contributed by atoms with E-state index in [1.807, 2.05) is 63.2 Å². The van der Waals surface area contributed by atoms with E-state index in [-0.39, 0.29) is 12.0 Å². The fourth-order valence-electron chi connectivity index (χ4n) is 4.05. The maximum Gasteiger partial charge on any atom is 0.338 e. The third kappa shape index (κ3) is 5.03. The summed E-state index contributed by atoms with van der Waals surface area (Å²) in [5, 5.41) is 0.878. The number of carbonyl (C=O) groups is 1. The Bertz CT molecular complexity index is 1170. The number of allylic oxidation sites excluding steroid dienone is 1. The summed E-state index contributed by atoms with van der Waals surface area (Å²) in [7, 11) is 1.65. The normalized spacial score (nSPS) is 18.6. The Labute approximate surface area is 212 Å². The minimum atomic E-state index is -0.330. The SMILES string of the molecule is CCOC(=O)C1=C(C)N=C2S/C(=C\c3ccc(OC)c(Br)c3)CN2[C@H]1c1ccc(OCC)cc1. The second kappa shape index (κ2) is 10.7. The van der Waals surface area contributed by atoms with E-state index in [1.165, 1.54) is 0 Å². The van der Waals surface area contributed by atoms with Gasteiger partial charge >= 0.3 is 5.97 Å². The summed E-state index contributed by atoms with van der Waals surface area (Å²) in [6, 6.07) is 13.6. The van der Waals surface area contributed by atoms with Crippen LogP contribution in [0, 0.1) is 0 Å². The number of hydrogen-bond acceptors (Lipinski definition) is 7. The van der Waals surface area contributed by atoms with E-state index in [4.69, 9.17) is 19.2 Å². The lowest BCUT2D eigenvalue weighted by Gasteiger charge is -2.34. The van der Waals surface area contributed by atoms with E-state index < -0.39 is 0 Å². The standard InChI is InChI=1S/C26H27BrN2O4S/c1-5-32-19-10-8-18(9-11-19)24-23(25(30)33-6-2)16(3)28-26-29(24)15-20(34-26)13-17-7-12-22(31-4)21(27)14-17/h7-14,24H,5-6,15H2,1-4H3/b20-13-/t24-/m0/s1. The number of thioether (sulfide) groups is 1. The third-order valence-electron chi connectivity index (χ3n) is 5.54. The fourth-order valence-corrected chi connectivity index (χ4v) is 5.71. The van der Waals surface area contributed by atoms with Gasteiger partial charge in [0.2, 0.25) is 0 Å². The van der Waals surface area contributed by atoms with Crippen LogP contribution in [0.25, 0.3) is 6.08 Å². The zero-order valence-corrected chi connectivity index (χ0v) is 22.0. The summed E-state index contributed by atoms with van der Waals surface area (Å²) in [4.78, 5) is 21.1. The molecule has 1 saturated heterocycles. The van der Waals surface area contributed by atoms with Gasteiger partial charge in [-0.25, -0.2) is 9.79 Å². The molecule has 34 heavy (non-hydrogen) atoms. The molecule has 0 aromatic heterocycles. The Balaban J connectivity index is 1.70. The predicted molar refractivity (Wildman–Crippen MR) is 140 cm³/mol. The van der Waals surface area contributed by atoms with Gasteiger partial charge in [-0.15, -0.1) is 0 Å². The topological polar surface area (TPSA) is 60.4 Å². The highest BCUT2D eigenvalue weighted by molar-refractivity contribution is 9.10. The molecule has 2 aliphatic rings. The van der Waals surface area contributed by atoms with Gasteiger partial charge in [-0.3, -0.25) is 0 Å². The molecule has 0 N–H and O–H groups in total. The molecule has 2 heterocycles. The van der Waals surface area contributed by atoms with Gasteiger partial charge in [-0.1, -0.05) is 30.0 Å². The van der Waals surface area contributed by atoms with E-state index in [9.17, 15) is 4.79 Å². The predicted octanol–water partition coefficient (Wildman–Crippen LogP) is 6.19. The second-order valence-electron chi connectivity index (χ2n) is 7.75. The Kier molecular flexibility index (Phi) is 7.68. The van der Waals surface area contributed by atoms with Crippen LogP contribution in [0.4, 0.5) is 0 Å². The molecule has 0 saturated carbocycles. The maximum absolute atomic E-state index is 13.0. The third-order valence-corrected chi connectivity index (χ3v) is 7.18. The number of carbonyl (C=O) groups excluding carboxylic acids is 1. The van der Waals surface area contributed by atoms with Crippen molar-refractivity contribution in [1.29, 1.82) is 0 Å². The lowest BCUT2D eigenvalue weighted by molar-refractivity contribution is -0.139. The summed E-state index contributed by atoms with van der Waals surface area (Å²) >= 11 is 5.18. The van der Waals surface area contributed by atoms with Crippen molar-refractivity contribution in [3.05, 3.63) is 74.2 Å². The van der Waals surface area contributed by atoms with Crippen LogP contribution in [0.1, 0.15) is 37.9 Å². The first-order chi connectivity index (χ1) is 16.4. The zero-order chi connectivity index (χ0) is 24.2. The van der Waals surface area contributed by atoms with Crippen molar-refractivity contribution in [2.75, 3.05) is 26.9 Å². The molecule has 0 aliphatic carbocycles. The molecule has 8 heteroatoms. The second-order valence-corrected chi connectivity index (χ2v) is 9.70. The summed E-state index contributed by atoms with van der Waals surface area (Å²) in [6.07, 6.45) is 2.14. The minimum absolute atomic E-state index is 0.289. The Morgan fingerprint density at radius 1 is 1.21 bits per heavy atom. The number of rotatable bonds is 7. The monoisotopic (exact) mass is 542 g/mol. The lowest BCUT2D eigenvalue weighted by Crippen LogP contribution is -2.36. The van der Waals surface area contributed by atoms with Crippen LogP contribution in [-0.2, 0) is 9.53 Å². The highest BCUT2D eigenvalue weighted by atomic mass is 79.9. The maximum atomic E-state index is 13.0. The first-order valence-corrected chi connectivity index (χ1v) is 12.7. The van der Waals surface area contributed by atoms with Gasteiger partial charge < -0.3 is 19.1 Å². The van der Waals surface area contributed by atoms with Gasteiger partial charge in [-0.2, -0.15) is 0 Å². The molecule has 2 aromatic carbocycles. The highest BCUT2D eigenvalue weighted by Gasteiger charge is 2.40. The highest BCUT2D eigenvalue weighted by Crippen LogP contribution is 2.45. The summed E-state index contributed by atoms with van der Waals surface area (Å²) in [6.45, 7) is 7.21. The van der Waals surface area contributed by atoms with E-state index in [0.717, 1.165) is 37.2 Å². The van der Waals surface area contributed by atoms with Crippen molar-refractivity contribution in [2.45, 2.75) is 26.8 Å². The fraction of sp³-hybridized carbons (Fsp3) is 0.308. The number of methoxy groups -OCH3 is 1. The van der Waals surface area contributed by atoms with Crippen molar-refractivity contribution in [2.24, 2.45) is 4.99 Å². The first kappa shape index (κ1) is 24.4. The number of esters is 1. The lowest BCUT2D eigenvalue weighted by atomic mass is 9.94. The van der Waals surface area contributed by atoms with Gasteiger partial charge in [0.1, 0.15) is 11.5 Å². The quantitative estimate of drug-likeness (QED) is 0.388. The van der Waals surface area contributed by atoms with Gasteiger partial charge in [0, 0.05) is 4.91 Å². The molecule has 4 rings (SSSR count). The summed E-state index contributed by atoms with van der Waals surface area (Å²) in [5.74, 6) is 1.26. The van der Waals surface area contributed by atoms with Gasteiger partial charge in [-0.05, 0) is 78.2 Å². The molecule has 1 fully saturated rings. The van der Waals surface area contributed by atoms with Crippen LogP contribution >= 0.6 is 27.7 Å². The van der Waals surface area contributed by atoms with Gasteiger partial charge in [0.15, 0.2) is 5.17 Å². The summed E-state index contributed by atoms with van der Waals surface area (Å²) in [5.41, 5.74) is 3.31. The van der Waals surface area contributed by atoms with E-state index in [1.54, 1.807) is 18.9 Å². The molecule has 1 atom stereocenters. The van der Waals surface area contributed by atoms with Gasteiger partial charge in [0.05, 0.1) is 48.7 Å². The van der Waals surface area contributed by atoms with E-state index >= 15 is 0 Å². The van der Waals surface area contributed by atoms with Gasteiger partial charge in [0.25, 0.3) is 0 Å². The number of nitrogens with zero attached hydrogens (tertiary/aromatic N) is 2. The average Bonchev–Trinajstić information content (AvgIpc) is 3.21. The molecule has 6 nitrogen and oxygen atoms in total. The summed E-state index contributed by atoms with van der Waals surface area (Å²) < 4.78 is 17.3. The molecule has 0 radical (unpaired) electrons. The van der Waals surface area contributed by atoms with E-state index in [2.05, 4.69) is 26.9 Å². The van der Waals surface area contributed by atoms with Crippen LogP contribution in [-0.4, -0.2) is 42.9 Å². The van der Waals surface area contributed by atoms with Crippen LogP contribution in [0.2, 0.25) is 0 Å². The average molecular weight is 543 g/mol. The molecule has 0 amide bonds. The Morgan fingerprint density at radius 3 is 2.62 bits per heavy atom. The Morgan fingerprint density at radius 2 is 1.97 bits per heavy atom. The van der Waals surface area contributed by atoms with Crippen LogP contribution in [0.3, 0.4) is 0 Å². The number of hydrogen-bond donors (Lipinski definition) is 0. The molecule has 2 aliphatic heterocycles. The van der Waals surface area contributed by atoms with Crippen molar-refractivity contribution in [1.82, 2.24) is 4.90 Å². The molecule has 0 unspecified atom stereocenters. The van der Waals surface area contributed by atoms with Crippen molar-refractivity contribution < 1.29 is 19.0 Å². The number of aliphatic imine (C=N–C) groups is 1. The molecular weight excluding hydrogens is 516 g/mol. The molecule has 0 bridgehead atoms. The van der Waals surface area contributed by atoms with E-state index in [0.29, 0.717) is 31.0 Å². The molecule has 0 spiro atoms. The minimum Gasteiger partial charge on any atom is -0.496 e. The number of fused-ring (bicyclic) bond motifs is 1. The van der Waals surface area contributed by atoms with Crippen molar-refractivity contribution in [3.63, 3.8) is 0 Å². The van der Waals surface area contributed by atoms with Crippen LogP contribution < -0.4 is 9.47 Å². The largest absolute Gasteiger partial charge is 0.496 e. The molecule has 2 aromatic rings. The number of ether oxygens (including phenoxy) is 3. The number of halogens is 1. The van der Waals surface area contributed by atoms with Crippen molar-refractivity contribution >= 4 is 44.9 Å². The Hall–Kier alpha value is -2.71. The molecule has 178 valence electrons. The van der Waals surface area contributed by atoms with Crippen LogP contribution in [0.15, 0.2) is 68.1 Å². The van der Waals surface area contributed by atoms with Crippen molar-refractivity contribution in [3.8, 4) is 11.5 Å². The smallest absolute Gasteiger partial charge is 0.338 e. The zero-order valence-electron chi connectivity index (χ0n) is 19.6. The first-order valence-electron chi connectivity index (χ1n) is 11.1. The number of amidine groups is 1. The molecular formula is C26H27BrN2O4S.